The summed E-state index contributed by atoms with van der Waals surface area (Å²) in [6.45, 7) is 0.576. The molecule has 0 amide bonds. The number of esters is 1. The monoisotopic (exact) mass is 305 g/mol. The summed E-state index contributed by atoms with van der Waals surface area (Å²) < 4.78 is 10.00. The highest BCUT2D eigenvalue weighted by molar-refractivity contribution is 6.33. The molecule has 5 heteroatoms. The molecule has 0 aliphatic heterocycles. The molecule has 0 bridgehead atoms. The number of methoxy groups -OCH3 is 2. The van der Waals surface area contributed by atoms with Gasteiger partial charge < -0.3 is 14.8 Å². The molecule has 0 fully saturated rings. The quantitative estimate of drug-likeness (QED) is 0.855. The Kier molecular flexibility index (Phi) is 5.06. The summed E-state index contributed by atoms with van der Waals surface area (Å²) in [5.74, 6) is 0.355. The van der Waals surface area contributed by atoms with Crippen molar-refractivity contribution in [2.45, 2.75) is 6.54 Å². The van der Waals surface area contributed by atoms with Gasteiger partial charge in [0.25, 0.3) is 0 Å². The summed E-state index contributed by atoms with van der Waals surface area (Å²) in [5.41, 5.74) is 2.14. The number of rotatable bonds is 5. The fourth-order valence-corrected chi connectivity index (χ4v) is 2.14. The molecule has 1 N–H and O–H groups in total. The SMILES string of the molecule is COC(=O)c1cc(NCc2ccccc2OC)ccc1Cl. The average molecular weight is 306 g/mol. The van der Waals surface area contributed by atoms with E-state index in [2.05, 4.69) is 5.32 Å². The van der Waals surface area contributed by atoms with Gasteiger partial charge in [0.2, 0.25) is 0 Å². The Balaban J connectivity index is 2.15. The molecular formula is C16H16ClNO3. The number of carbonyl (C=O) groups excluding carboxylic acids is 1. The van der Waals surface area contributed by atoms with E-state index in [0.29, 0.717) is 17.1 Å². The summed E-state index contributed by atoms with van der Waals surface area (Å²) in [6.07, 6.45) is 0. The second kappa shape index (κ2) is 6.99. The fraction of sp³-hybridized carbons (Fsp3) is 0.188. The molecular weight excluding hydrogens is 290 g/mol. The molecule has 2 aromatic carbocycles. The number of carbonyl (C=O) groups is 1. The number of ether oxygens (including phenoxy) is 2. The molecule has 2 aromatic rings. The van der Waals surface area contributed by atoms with Crippen molar-refractivity contribution >= 4 is 23.3 Å². The maximum atomic E-state index is 11.6. The van der Waals surface area contributed by atoms with Gasteiger partial charge in [0.05, 0.1) is 24.8 Å². The van der Waals surface area contributed by atoms with Crippen molar-refractivity contribution in [3.63, 3.8) is 0 Å². The van der Waals surface area contributed by atoms with Crippen LogP contribution in [0.1, 0.15) is 15.9 Å². The van der Waals surface area contributed by atoms with Crippen molar-refractivity contribution in [1.82, 2.24) is 0 Å². The summed E-state index contributed by atoms with van der Waals surface area (Å²) >= 11 is 5.99. The van der Waals surface area contributed by atoms with Gasteiger partial charge in [0, 0.05) is 17.8 Å². The molecule has 0 radical (unpaired) electrons. The van der Waals surface area contributed by atoms with E-state index in [0.717, 1.165) is 17.0 Å². The zero-order valence-electron chi connectivity index (χ0n) is 11.9. The second-order valence-corrected chi connectivity index (χ2v) is 4.76. The van der Waals surface area contributed by atoms with Crippen LogP contribution in [0.5, 0.6) is 5.75 Å². The third-order valence-corrected chi connectivity index (χ3v) is 3.38. The van der Waals surface area contributed by atoms with Gasteiger partial charge in [0.15, 0.2) is 0 Å². The van der Waals surface area contributed by atoms with E-state index in [1.807, 2.05) is 30.3 Å². The largest absolute Gasteiger partial charge is 0.496 e. The lowest BCUT2D eigenvalue weighted by molar-refractivity contribution is 0.0601. The number of hydrogen-bond donors (Lipinski definition) is 1. The summed E-state index contributed by atoms with van der Waals surface area (Å²) in [6, 6.07) is 12.9. The predicted molar refractivity (Wildman–Crippen MR) is 83.1 cm³/mol. The molecule has 21 heavy (non-hydrogen) atoms. The molecule has 2 rings (SSSR count). The number of benzene rings is 2. The topological polar surface area (TPSA) is 47.6 Å². The standard InChI is InChI=1S/C16H16ClNO3/c1-20-15-6-4-3-5-11(15)10-18-12-7-8-14(17)13(9-12)16(19)21-2/h3-9,18H,10H2,1-2H3. The Labute approximate surface area is 128 Å². The Hall–Kier alpha value is -2.20. The van der Waals surface area contributed by atoms with Crippen LogP contribution in [0.25, 0.3) is 0 Å². The average Bonchev–Trinajstić information content (AvgIpc) is 2.53. The zero-order valence-corrected chi connectivity index (χ0v) is 12.6. The van der Waals surface area contributed by atoms with Crippen LogP contribution in [0.2, 0.25) is 5.02 Å². The molecule has 0 spiro atoms. The number of anilines is 1. The lowest BCUT2D eigenvalue weighted by atomic mass is 10.1. The lowest BCUT2D eigenvalue weighted by Crippen LogP contribution is -2.05. The third kappa shape index (κ3) is 3.67. The van der Waals surface area contributed by atoms with Crippen LogP contribution in [0, 0.1) is 0 Å². The highest BCUT2D eigenvalue weighted by atomic mass is 35.5. The molecule has 0 aliphatic carbocycles. The van der Waals surface area contributed by atoms with Crippen molar-refractivity contribution < 1.29 is 14.3 Å². The van der Waals surface area contributed by atoms with E-state index in [1.54, 1.807) is 19.2 Å². The highest BCUT2D eigenvalue weighted by Gasteiger charge is 2.11. The van der Waals surface area contributed by atoms with Crippen molar-refractivity contribution in [1.29, 1.82) is 0 Å². The van der Waals surface area contributed by atoms with E-state index in [4.69, 9.17) is 21.1 Å². The number of halogens is 1. The minimum Gasteiger partial charge on any atom is -0.496 e. The minimum absolute atomic E-state index is 0.337. The molecule has 0 saturated heterocycles. The molecule has 110 valence electrons. The fourth-order valence-electron chi connectivity index (χ4n) is 1.95. The molecule has 0 aliphatic rings. The van der Waals surface area contributed by atoms with Gasteiger partial charge in [-0.05, 0) is 24.3 Å². The Bertz CT molecular complexity index is 643. The summed E-state index contributed by atoms with van der Waals surface area (Å²) in [4.78, 5) is 11.6. The van der Waals surface area contributed by atoms with Crippen LogP contribution in [0.15, 0.2) is 42.5 Å². The van der Waals surface area contributed by atoms with Crippen molar-refractivity contribution in [2.24, 2.45) is 0 Å². The van der Waals surface area contributed by atoms with Crippen LogP contribution in [-0.4, -0.2) is 20.2 Å². The van der Waals surface area contributed by atoms with Gasteiger partial charge in [-0.2, -0.15) is 0 Å². The first-order valence-electron chi connectivity index (χ1n) is 6.39. The van der Waals surface area contributed by atoms with E-state index in [-0.39, 0.29) is 0 Å². The first-order valence-corrected chi connectivity index (χ1v) is 6.77. The van der Waals surface area contributed by atoms with Gasteiger partial charge in [-0.15, -0.1) is 0 Å². The first-order chi connectivity index (χ1) is 10.2. The van der Waals surface area contributed by atoms with Gasteiger partial charge in [-0.25, -0.2) is 4.79 Å². The van der Waals surface area contributed by atoms with E-state index >= 15 is 0 Å². The number of nitrogens with one attached hydrogen (secondary N) is 1. The number of hydrogen-bond acceptors (Lipinski definition) is 4. The Morgan fingerprint density at radius 2 is 1.95 bits per heavy atom. The van der Waals surface area contributed by atoms with E-state index in [1.165, 1.54) is 7.11 Å². The van der Waals surface area contributed by atoms with Crippen LogP contribution < -0.4 is 10.1 Å². The van der Waals surface area contributed by atoms with E-state index < -0.39 is 5.97 Å². The summed E-state index contributed by atoms with van der Waals surface area (Å²) in [5, 5.41) is 3.60. The van der Waals surface area contributed by atoms with Crippen molar-refractivity contribution in [3.8, 4) is 5.75 Å². The number of para-hydroxylation sites is 1. The van der Waals surface area contributed by atoms with Gasteiger partial charge >= 0.3 is 5.97 Å². The van der Waals surface area contributed by atoms with Gasteiger partial charge in [-0.3, -0.25) is 0 Å². The zero-order chi connectivity index (χ0) is 15.2. The van der Waals surface area contributed by atoms with Crippen LogP contribution in [-0.2, 0) is 11.3 Å². The summed E-state index contributed by atoms with van der Waals surface area (Å²) in [7, 11) is 2.96. The maximum absolute atomic E-state index is 11.6. The molecule has 0 atom stereocenters. The van der Waals surface area contributed by atoms with Gasteiger partial charge in [-0.1, -0.05) is 29.8 Å². The second-order valence-electron chi connectivity index (χ2n) is 4.35. The Morgan fingerprint density at radius 3 is 2.67 bits per heavy atom. The predicted octanol–water partition coefficient (Wildman–Crippen LogP) is 3.75. The highest BCUT2D eigenvalue weighted by Crippen LogP contribution is 2.23. The maximum Gasteiger partial charge on any atom is 0.339 e. The minimum atomic E-state index is -0.457. The molecule has 0 unspecified atom stereocenters. The lowest BCUT2D eigenvalue weighted by Gasteiger charge is -2.11. The van der Waals surface area contributed by atoms with Crippen LogP contribution >= 0.6 is 11.6 Å². The molecule has 4 nitrogen and oxygen atoms in total. The first kappa shape index (κ1) is 15.2. The van der Waals surface area contributed by atoms with Gasteiger partial charge in [0.1, 0.15) is 5.75 Å². The van der Waals surface area contributed by atoms with Crippen molar-refractivity contribution in [3.05, 3.63) is 58.6 Å². The Morgan fingerprint density at radius 1 is 1.19 bits per heavy atom. The molecule has 0 aromatic heterocycles. The third-order valence-electron chi connectivity index (χ3n) is 3.05. The van der Waals surface area contributed by atoms with E-state index in [9.17, 15) is 4.79 Å². The van der Waals surface area contributed by atoms with Crippen molar-refractivity contribution in [2.75, 3.05) is 19.5 Å². The van der Waals surface area contributed by atoms with Crippen LogP contribution in [0.4, 0.5) is 5.69 Å². The smallest absolute Gasteiger partial charge is 0.339 e. The molecule has 0 saturated carbocycles. The molecule has 0 heterocycles. The van der Waals surface area contributed by atoms with Crippen LogP contribution in [0.3, 0.4) is 0 Å². The normalized spacial score (nSPS) is 10.0.